The van der Waals surface area contributed by atoms with Gasteiger partial charge in [-0.1, -0.05) is 0 Å². The lowest BCUT2D eigenvalue weighted by atomic mass is 9.96. The van der Waals surface area contributed by atoms with Crippen LogP contribution in [-0.2, 0) is 38.0 Å². The van der Waals surface area contributed by atoms with Crippen molar-refractivity contribution in [2.45, 2.75) is 88.6 Å². The third kappa shape index (κ3) is 2.65. The Kier molecular flexibility index (Phi) is 3.73. The lowest BCUT2D eigenvalue weighted by Crippen LogP contribution is -2.51. The van der Waals surface area contributed by atoms with Crippen molar-refractivity contribution in [1.82, 2.24) is 0 Å². The summed E-state index contributed by atoms with van der Waals surface area (Å²) in [7, 11) is 1.59. The Hall–Kier alpha value is -0.770. The fraction of sp³-hybridized carbons (Fsp3) is 0.938. The zero-order chi connectivity index (χ0) is 17.3. The number of cyclic esters (lactones) is 1. The largest absolute Gasteiger partial charge is 0.457 e. The third-order valence-corrected chi connectivity index (χ3v) is 4.81. The molecule has 0 aromatic rings. The van der Waals surface area contributed by atoms with Gasteiger partial charge in [0.25, 0.3) is 0 Å². The van der Waals surface area contributed by atoms with E-state index in [1.54, 1.807) is 21.0 Å². The first kappa shape index (κ1) is 16.7. The molecular weight excluding hydrogens is 320 g/mol. The van der Waals surface area contributed by atoms with Gasteiger partial charge in [-0.05, 0) is 27.7 Å². The van der Waals surface area contributed by atoms with Crippen LogP contribution in [0.5, 0.6) is 0 Å². The molecule has 8 heteroatoms. The number of fused-ring (bicyclic) bond motifs is 2. The van der Waals surface area contributed by atoms with E-state index < -0.39 is 42.1 Å². The van der Waals surface area contributed by atoms with Crippen LogP contribution in [0.3, 0.4) is 0 Å². The first-order valence-corrected chi connectivity index (χ1v) is 8.29. The lowest BCUT2D eigenvalue weighted by Gasteiger charge is -2.35. The van der Waals surface area contributed by atoms with Crippen LogP contribution in [0.15, 0.2) is 0 Å². The molecular formula is C16H24O8. The minimum absolute atomic E-state index is 0.355. The first-order chi connectivity index (χ1) is 11.2. The van der Waals surface area contributed by atoms with Gasteiger partial charge in [-0.25, -0.2) is 4.79 Å². The highest BCUT2D eigenvalue weighted by atomic mass is 16.8. The molecule has 4 rings (SSSR count). The van der Waals surface area contributed by atoms with Crippen LogP contribution in [0, 0.1) is 0 Å². The van der Waals surface area contributed by atoms with Gasteiger partial charge in [0.1, 0.15) is 30.5 Å². The number of hydrogen-bond acceptors (Lipinski definition) is 8. The minimum Gasteiger partial charge on any atom is -0.457 e. The van der Waals surface area contributed by atoms with Crippen molar-refractivity contribution < 1.29 is 38.0 Å². The average Bonchev–Trinajstić information content (AvgIpc) is 3.04. The van der Waals surface area contributed by atoms with Crippen molar-refractivity contribution in [3.05, 3.63) is 0 Å². The predicted molar refractivity (Wildman–Crippen MR) is 77.8 cm³/mol. The summed E-state index contributed by atoms with van der Waals surface area (Å²) < 4.78 is 40.2. The molecule has 24 heavy (non-hydrogen) atoms. The standard InChI is InChI=1S/C16H24O8/c1-15(2)21-8-6-7(19-13(17)10(8)22-15)9-11(18-5)12-14(20-9)24-16(3,4)23-12/h7-12,14H,6H2,1-5H3/t7-,8+,9-,10+,11+,12-,14-/m1/s1. The Bertz CT molecular complexity index is 532. The highest BCUT2D eigenvalue weighted by Gasteiger charge is 2.60. The smallest absolute Gasteiger partial charge is 0.338 e. The number of carbonyl (C=O) groups is 1. The van der Waals surface area contributed by atoms with E-state index in [0.29, 0.717) is 6.42 Å². The van der Waals surface area contributed by atoms with Crippen molar-refractivity contribution in [3.8, 4) is 0 Å². The van der Waals surface area contributed by atoms with Crippen LogP contribution >= 0.6 is 0 Å². The van der Waals surface area contributed by atoms with Crippen molar-refractivity contribution in [3.63, 3.8) is 0 Å². The van der Waals surface area contributed by atoms with Gasteiger partial charge < -0.3 is 33.2 Å². The highest BCUT2D eigenvalue weighted by Crippen LogP contribution is 2.43. The maximum absolute atomic E-state index is 12.3. The molecule has 4 heterocycles. The highest BCUT2D eigenvalue weighted by molar-refractivity contribution is 5.77. The summed E-state index contributed by atoms with van der Waals surface area (Å²) in [5.41, 5.74) is 0. The van der Waals surface area contributed by atoms with Gasteiger partial charge in [0, 0.05) is 13.5 Å². The minimum atomic E-state index is -0.798. The zero-order valence-electron chi connectivity index (χ0n) is 14.5. The Morgan fingerprint density at radius 1 is 0.958 bits per heavy atom. The summed E-state index contributed by atoms with van der Waals surface area (Å²) in [5, 5.41) is 0. The fourth-order valence-electron chi connectivity index (χ4n) is 3.97. The summed E-state index contributed by atoms with van der Waals surface area (Å²) >= 11 is 0. The summed E-state index contributed by atoms with van der Waals surface area (Å²) in [6.07, 6.45) is -2.82. The molecule has 0 N–H and O–H groups in total. The van der Waals surface area contributed by atoms with E-state index in [2.05, 4.69) is 0 Å². The molecule has 0 radical (unpaired) electrons. The second kappa shape index (κ2) is 5.36. The van der Waals surface area contributed by atoms with Crippen LogP contribution in [0.25, 0.3) is 0 Å². The Morgan fingerprint density at radius 3 is 2.38 bits per heavy atom. The molecule has 4 fully saturated rings. The average molecular weight is 344 g/mol. The first-order valence-electron chi connectivity index (χ1n) is 8.29. The van der Waals surface area contributed by atoms with Gasteiger partial charge in [0.2, 0.25) is 0 Å². The SMILES string of the molecule is CO[C@@H]1[C@H]2OC(C)(C)O[C@H]2O[C@@H]1[C@H]1C[C@@H]2OC(C)(C)O[C@@H]2C(=O)O1. The van der Waals surface area contributed by atoms with Crippen LogP contribution < -0.4 is 0 Å². The van der Waals surface area contributed by atoms with E-state index in [1.807, 2.05) is 13.8 Å². The van der Waals surface area contributed by atoms with Crippen molar-refractivity contribution in [1.29, 1.82) is 0 Å². The normalized spacial score (nSPS) is 48.9. The van der Waals surface area contributed by atoms with Gasteiger partial charge in [0.05, 0.1) is 0 Å². The molecule has 0 amide bonds. The maximum Gasteiger partial charge on any atom is 0.338 e. The van der Waals surface area contributed by atoms with E-state index in [0.717, 1.165) is 0 Å². The zero-order valence-corrected chi connectivity index (χ0v) is 14.5. The third-order valence-electron chi connectivity index (χ3n) is 4.81. The quantitative estimate of drug-likeness (QED) is 0.678. The summed E-state index contributed by atoms with van der Waals surface area (Å²) in [6, 6.07) is 0. The van der Waals surface area contributed by atoms with Gasteiger partial charge in [-0.15, -0.1) is 0 Å². The van der Waals surface area contributed by atoms with E-state index in [9.17, 15) is 4.79 Å². The molecule has 0 aliphatic carbocycles. The Balaban J connectivity index is 1.50. The molecule has 136 valence electrons. The molecule has 0 spiro atoms. The van der Waals surface area contributed by atoms with E-state index >= 15 is 0 Å². The summed E-state index contributed by atoms with van der Waals surface area (Å²) in [5.74, 6) is -1.95. The van der Waals surface area contributed by atoms with Crippen molar-refractivity contribution in [2.24, 2.45) is 0 Å². The molecule has 0 saturated carbocycles. The number of hydrogen-bond donors (Lipinski definition) is 0. The lowest BCUT2D eigenvalue weighted by molar-refractivity contribution is -0.236. The van der Waals surface area contributed by atoms with Crippen molar-refractivity contribution in [2.75, 3.05) is 7.11 Å². The maximum atomic E-state index is 12.3. The van der Waals surface area contributed by atoms with E-state index in [-0.39, 0.29) is 18.3 Å². The molecule has 7 atom stereocenters. The number of methoxy groups -OCH3 is 1. The fourth-order valence-corrected chi connectivity index (χ4v) is 3.97. The predicted octanol–water partition coefficient (Wildman–Crippen LogP) is 0.713. The molecule has 4 aliphatic rings. The summed E-state index contributed by atoms with van der Waals surface area (Å²) in [6.45, 7) is 7.22. The molecule has 0 bridgehead atoms. The number of esters is 1. The molecule has 0 unspecified atom stereocenters. The number of ether oxygens (including phenoxy) is 7. The topological polar surface area (TPSA) is 81.7 Å². The van der Waals surface area contributed by atoms with Gasteiger partial charge in [0.15, 0.2) is 24.0 Å². The molecule has 0 aromatic heterocycles. The van der Waals surface area contributed by atoms with Gasteiger partial charge in [-0.3, -0.25) is 0 Å². The van der Waals surface area contributed by atoms with Crippen molar-refractivity contribution >= 4 is 5.97 Å². The Labute approximate surface area is 140 Å². The second-order valence-corrected chi connectivity index (χ2v) is 7.58. The number of carbonyl (C=O) groups excluding carboxylic acids is 1. The summed E-state index contributed by atoms with van der Waals surface area (Å²) in [4.78, 5) is 12.3. The molecule has 8 nitrogen and oxygen atoms in total. The molecule has 4 saturated heterocycles. The molecule has 0 aromatic carbocycles. The van der Waals surface area contributed by atoms with Crippen LogP contribution in [0.4, 0.5) is 0 Å². The second-order valence-electron chi connectivity index (χ2n) is 7.58. The monoisotopic (exact) mass is 344 g/mol. The number of rotatable bonds is 2. The van der Waals surface area contributed by atoms with Crippen LogP contribution in [-0.4, -0.2) is 67.6 Å². The van der Waals surface area contributed by atoms with Crippen LogP contribution in [0.1, 0.15) is 34.1 Å². The van der Waals surface area contributed by atoms with Crippen LogP contribution in [0.2, 0.25) is 0 Å². The van der Waals surface area contributed by atoms with E-state index in [1.165, 1.54) is 0 Å². The van der Waals surface area contributed by atoms with E-state index in [4.69, 9.17) is 33.2 Å². The van der Waals surface area contributed by atoms with Gasteiger partial charge >= 0.3 is 5.97 Å². The molecule has 4 aliphatic heterocycles. The Morgan fingerprint density at radius 2 is 1.67 bits per heavy atom. The van der Waals surface area contributed by atoms with Gasteiger partial charge in [-0.2, -0.15) is 0 Å².